The van der Waals surface area contributed by atoms with E-state index in [2.05, 4.69) is 14.9 Å². The second kappa shape index (κ2) is 4.76. The Morgan fingerprint density at radius 2 is 2.17 bits per heavy atom. The van der Waals surface area contributed by atoms with Crippen molar-refractivity contribution in [3.05, 3.63) is 22.2 Å². The van der Waals surface area contributed by atoms with Crippen molar-refractivity contribution in [2.45, 2.75) is 38.8 Å². The maximum atomic E-state index is 6.13. The molecular formula is C13H18ClN3O. The molecule has 2 saturated heterocycles. The summed E-state index contributed by atoms with van der Waals surface area (Å²) in [7, 11) is 0. The van der Waals surface area contributed by atoms with E-state index in [1.165, 1.54) is 19.4 Å². The SMILES string of the molecule is Cc1nc(C2CN3CCCC3CO2)nc(Cl)c1C. The molecule has 2 aliphatic rings. The van der Waals surface area contributed by atoms with Crippen LogP contribution in [0.5, 0.6) is 0 Å². The Kier molecular flexibility index (Phi) is 3.26. The summed E-state index contributed by atoms with van der Waals surface area (Å²) in [6.45, 7) is 6.76. The highest BCUT2D eigenvalue weighted by Gasteiger charge is 2.34. The van der Waals surface area contributed by atoms with E-state index in [1.54, 1.807) is 0 Å². The lowest BCUT2D eigenvalue weighted by molar-refractivity contribution is -0.0542. The molecule has 3 heterocycles. The average Bonchev–Trinajstić information content (AvgIpc) is 2.82. The molecule has 5 heteroatoms. The maximum absolute atomic E-state index is 6.13. The van der Waals surface area contributed by atoms with Gasteiger partial charge in [0.05, 0.1) is 6.61 Å². The van der Waals surface area contributed by atoms with Gasteiger partial charge in [-0.05, 0) is 33.2 Å². The Morgan fingerprint density at radius 3 is 2.94 bits per heavy atom. The van der Waals surface area contributed by atoms with Crippen molar-refractivity contribution >= 4 is 11.6 Å². The fourth-order valence-corrected chi connectivity index (χ4v) is 2.96. The highest BCUT2D eigenvalue weighted by molar-refractivity contribution is 6.30. The number of morpholine rings is 1. The lowest BCUT2D eigenvalue weighted by Gasteiger charge is -2.34. The molecule has 0 saturated carbocycles. The van der Waals surface area contributed by atoms with Crippen LogP contribution in [-0.2, 0) is 4.74 Å². The summed E-state index contributed by atoms with van der Waals surface area (Å²) < 4.78 is 5.90. The van der Waals surface area contributed by atoms with Crippen molar-refractivity contribution in [2.75, 3.05) is 19.7 Å². The van der Waals surface area contributed by atoms with E-state index < -0.39 is 0 Å². The van der Waals surface area contributed by atoms with Gasteiger partial charge in [0, 0.05) is 23.8 Å². The van der Waals surface area contributed by atoms with E-state index in [0.29, 0.717) is 11.2 Å². The molecule has 2 atom stereocenters. The molecule has 2 fully saturated rings. The second-order valence-electron chi connectivity index (χ2n) is 5.20. The van der Waals surface area contributed by atoms with Crippen molar-refractivity contribution in [1.82, 2.24) is 14.9 Å². The van der Waals surface area contributed by atoms with Crippen LogP contribution in [0.25, 0.3) is 0 Å². The van der Waals surface area contributed by atoms with Crippen LogP contribution in [0.1, 0.15) is 36.0 Å². The summed E-state index contributed by atoms with van der Waals surface area (Å²) in [5.41, 5.74) is 1.90. The van der Waals surface area contributed by atoms with E-state index in [1.807, 2.05) is 13.8 Å². The summed E-state index contributed by atoms with van der Waals surface area (Å²) >= 11 is 6.13. The summed E-state index contributed by atoms with van der Waals surface area (Å²) in [5, 5.41) is 0.546. The average molecular weight is 268 g/mol. The van der Waals surface area contributed by atoms with E-state index in [0.717, 1.165) is 30.2 Å². The molecule has 18 heavy (non-hydrogen) atoms. The predicted octanol–water partition coefficient (Wildman–Crippen LogP) is 2.28. The molecular weight excluding hydrogens is 250 g/mol. The largest absolute Gasteiger partial charge is 0.367 e. The highest BCUT2D eigenvalue weighted by atomic mass is 35.5. The minimum atomic E-state index is -0.0313. The van der Waals surface area contributed by atoms with E-state index in [9.17, 15) is 0 Å². The fraction of sp³-hybridized carbons (Fsp3) is 0.692. The van der Waals surface area contributed by atoms with Gasteiger partial charge in [0.15, 0.2) is 5.82 Å². The van der Waals surface area contributed by atoms with Crippen LogP contribution < -0.4 is 0 Å². The first-order valence-corrected chi connectivity index (χ1v) is 6.89. The topological polar surface area (TPSA) is 38.2 Å². The first-order chi connectivity index (χ1) is 8.65. The third-order valence-corrected chi connectivity index (χ3v) is 4.39. The Labute approximate surface area is 112 Å². The van der Waals surface area contributed by atoms with Crippen molar-refractivity contribution in [3.8, 4) is 0 Å². The number of hydrogen-bond acceptors (Lipinski definition) is 4. The van der Waals surface area contributed by atoms with Gasteiger partial charge in [0.1, 0.15) is 11.3 Å². The normalized spacial score (nSPS) is 28.4. The molecule has 0 bridgehead atoms. The lowest BCUT2D eigenvalue weighted by Crippen LogP contribution is -2.42. The van der Waals surface area contributed by atoms with Gasteiger partial charge >= 0.3 is 0 Å². The third-order valence-electron chi connectivity index (χ3n) is 4.02. The molecule has 98 valence electrons. The van der Waals surface area contributed by atoms with Crippen LogP contribution in [0.4, 0.5) is 0 Å². The molecule has 2 unspecified atom stereocenters. The number of rotatable bonds is 1. The standard InChI is InChI=1S/C13H18ClN3O/c1-8-9(2)15-13(16-12(8)14)11-6-17-5-3-4-10(17)7-18-11/h10-11H,3-7H2,1-2H3. The summed E-state index contributed by atoms with van der Waals surface area (Å²) in [4.78, 5) is 11.4. The molecule has 0 aromatic carbocycles. The van der Waals surface area contributed by atoms with Crippen LogP contribution in [0.15, 0.2) is 0 Å². The Balaban J connectivity index is 1.83. The first kappa shape index (κ1) is 12.3. The molecule has 0 aliphatic carbocycles. The molecule has 0 N–H and O–H groups in total. The molecule has 2 aliphatic heterocycles. The molecule has 1 aromatic heterocycles. The monoisotopic (exact) mass is 267 g/mol. The molecule has 4 nitrogen and oxygen atoms in total. The van der Waals surface area contributed by atoms with Crippen LogP contribution in [0.2, 0.25) is 5.15 Å². The molecule has 0 amide bonds. The van der Waals surface area contributed by atoms with Crippen LogP contribution >= 0.6 is 11.6 Å². The highest BCUT2D eigenvalue weighted by Crippen LogP contribution is 2.29. The van der Waals surface area contributed by atoms with Gasteiger partial charge in [-0.1, -0.05) is 11.6 Å². The van der Waals surface area contributed by atoms with Gasteiger partial charge in [0.25, 0.3) is 0 Å². The zero-order chi connectivity index (χ0) is 12.7. The Hall–Kier alpha value is -0.710. The molecule has 3 rings (SSSR count). The zero-order valence-corrected chi connectivity index (χ0v) is 11.6. The van der Waals surface area contributed by atoms with Crippen LogP contribution in [0, 0.1) is 13.8 Å². The Bertz CT molecular complexity index is 443. The van der Waals surface area contributed by atoms with Gasteiger partial charge < -0.3 is 4.74 Å². The number of aromatic nitrogens is 2. The van der Waals surface area contributed by atoms with Gasteiger partial charge in [-0.15, -0.1) is 0 Å². The quantitative estimate of drug-likeness (QED) is 0.732. The first-order valence-electron chi connectivity index (χ1n) is 6.51. The van der Waals surface area contributed by atoms with Crippen molar-refractivity contribution in [3.63, 3.8) is 0 Å². The van der Waals surface area contributed by atoms with Crippen LogP contribution in [-0.4, -0.2) is 40.6 Å². The number of aryl methyl sites for hydroxylation is 1. The molecule has 0 spiro atoms. The van der Waals surface area contributed by atoms with Crippen LogP contribution in [0.3, 0.4) is 0 Å². The van der Waals surface area contributed by atoms with E-state index in [4.69, 9.17) is 16.3 Å². The lowest BCUT2D eigenvalue weighted by atomic mass is 10.1. The van der Waals surface area contributed by atoms with Crippen molar-refractivity contribution in [1.29, 1.82) is 0 Å². The minimum absolute atomic E-state index is 0.0313. The van der Waals surface area contributed by atoms with Crippen molar-refractivity contribution in [2.24, 2.45) is 0 Å². The number of ether oxygens (including phenoxy) is 1. The Morgan fingerprint density at radius 1 is 1.33 bits per heavy atom. The summed E-state index contributed by atoms with van der Waals surface area (Å²) in [6.07, 6.45) is 2.49. The van der Waals surface area contributed by atoms with E-state index in [-0.39, 0.29) is 6.10 Å². The molecule has 0 radical (unpaired) electrons. The van der Waals surface area contributed by atoms with Gasteiger partial charge in [-0.3, -0.25) is 4.90 Å². The number of nitrogens with zero attached hydrogens (tertiary/aromatic N) is 3. The zero-order valence-electron chi connectivity index (χ0n) is 10.8. The van der Waals surface area contributed by atoms with Crippen molar-refractivity contribution < 1.29 is 4.74 Å². The number of halogens is 1. The minimum Gasteiger partial charge on any atom is -0.367 e. The van der Waals surface area contributed by atoms with Gasteiger partial charge in [0.2, 0.25) is 0 Å². The van der Waals surface area contributed by atoms with Gasteiger partial charge in [-0.2, -0.15) is 0 Å². The van der Waals surface area contributed by atoms with Gasteiger partial charge in [-0.25, -0.2) is 9.97 Å². The number of hydrogen-bond donors (Lipinski definition) is 0. The third kappa shape index (κ3) is 2.13. The maximum Gasteiger partial charge on any atom is 0.160 e. The smallest absolute Gasteiger partial charge is 0.160 e. The molecule has 1 aromatic rings. The predicted molar refractivity (Wildman–Crippen MR) is 69.8 cm³/mol. The number of fused-ring (bicyclic) bond motifs is 1. The summed E-state index contributed by atoms with van der Waals surface area (Å²) in [6, 6.07) is 0.600. The second-order valence-corrected chi connectivity index (χ2v) is 5.55. The fourth-order valence-electron chi connectivity index (χ4n) is 2.73. The van der Waals surface area contributed by atoms with E-state index >= 15 is 0 Å². The summed E-state index contributed by atoms with van der Waals surface area (Å²) in [5.74, 6) is 0.730.